The first-order valence-electron chi connectivity index (χ1n) is 8.02. The van der Waals surface area contributed by atoms with Crippen LogP contribution in [0.2, 0.25) is 0 Å². The zero-order chi connectivity index (χ0) is 17.5. The molecular weight excluding hydrogens is 330 g/mol. The fourth-order valence-corrected chi connectivity index (χ4v) is 2.90. The number of amides is 3. The van der Waals surface area contributed by atoms with Crippen molar-refractivity contribution in [2.45, 2.75) is 32.2 Å². The van der Waals surface area contributed by atoms with Crippen LogP contribution in [0, 0.1) is 0 Å². The maximum atomic E-state index is 12.6. The van der Waals surface area contributed by atoms with Crippen LogP contribution in [0.4, 0.5) is 5.69 Å². The minimum Gasteiger partial charge on any atom is -0.353 e. The van der Waals surface area contributed by atoms with Crippen LogP contribution in [0.3, 0.4) is 0 Å². The molecule has 1 aromatic rings. The number of piperidine rings is 1. The third-order valence-corrected chi connectivity index (χ3v) is 4.09. The van der Waals surface area contributed by atoms with E-state index in [0.29, 0.717) is 36.6 Å². The van der Waals surface area contributed by atoms with E-state index in [2.05, 4.69) is 10.6 Å². The van der Waals surface area contributed by atoms with Gasteiger partial charge in [0.1, 0.15) is 0 Å². The summed E-state index contributed by atoms with van der Waals surface area (Å²) in [5.74, 6) is 0.0342. The van der Waals surface area contributed by atoms with Crippen molar-refractivity contribution in [3.63, 3.8) is 0 Å². The van der Waals surface area contributed by atoms with E-state index >= 15 is 0 Å². The van der Waals surface area contributed by atoms with Gasteiger partial charge in [-0.25, -0.2) is 0 Å². The second-order valence-corrected chi connectivity index (χ2v) is 6.21. The standard InChI is InChI=1S/C17H22ClN3O3/c1-12(22)19-15-4-2-3-13(11-15)17(24)21-9-6-14(7-10-21)20-16(23)5-8-18/h2-4,11,14H,5-10H2,1H3,(H,19,22)(H,20,23). The molecule has 7 heteroatoms. The van der Waals surface area contributed by atoms with Gasteiger partial charge in [0.2, 0.25) is 11.8 Å². The van der Waals surface area contributed by atoms with Gasteiger partial charge in [0.15, 0.2) is 0 Å². The molecular formula is C17H22ClN3O3. The number of benzene rings is 1. The van der Waals surface area contributed by atoms with Crippen molar-refractivity contribution < 1.29 is 14.4 Å². The molecule has 1 aromatic carbocycles. The van der Waals surface area contributed by atoms with Gasteiger partial charge in [0, 0.05) is 49.6 Å². The molecule has 2 rings (SSSR count). The smallest absolute Gasteiger partial charge is 0.253 e. The van der Waals surface area contributed by atoms with Crippen molar-refractivity contribution in [2.75, 3.05) is 24.3 Å². The molecule has 0 saturated carbocycles. The number of halogens is 1. The van der Waals surface area contributed by atoms with Gasteiger partial charge >= 0.3 is 0 Å². The molecule has 0 bridgehead atoms. The van der Waals surface area contributed by atoms with Crippen LogP contribution in [0.1, 0.15) is 36.5 Å². The van der Waals surface area contributed by atoms with Crippen molar-refractivity contribution in [1.82, 2.24) is 10.2 Å². The van der Waals surface area contributed by atoms with Gasteiger partial charge in [-0.15, -0.1) is 11.6 Å². The molecule has 0 aromatic heterocycles. The molecule has 3 amide bonds. The molecule has 0 spiro atoms. The lowest BCUT2D eigenvalue weighted by molar-refractivity contribution is -0.121. The van der Waals surface area contributed by atoms with Gasteiger partial charge in [-0.2, -0.15) is 0 Å². The van der Waals surface area contributed by atoms with Gasteiger partial charge in [-0.3, -0.25) is 14.4 Å². The molecule has 24 heavy (non-hydrogen) atoms. The first-order valence-corrected chi connectivity index (χ1v) is 8.55. The number of rotatable bonds is 5. The highest BCUT2D eigenvalue weighted by Crippen LogP contribution is 2.17. The zero-order valence-corrected chi connectivity index (χ0v) is 14.4. The van der Waals surface area contributed by atoms with E-state index in [1.807, 2.05) is 0 Å². The Labute approximate surface area is 146 Å². The summed E-state index contributed by atoms with van der Waals surface area (Å²) < 4.78 is 0. The molecule has 130 valence electrons. The zero-order valence-electron chi connectivity index (χ0n) is 13.7. The Kier molecular flexibility index (Phi) is 6.61. The molecule has 1 fully saturated rings. The van der Waals surface area contributed by atoms with Crippen LogP contribution < -0.4 is 10.6 Å². The lowest BCUT2D eigenvalue weighted by Gasteiger charge is -2.32. The number of hydrogen-bond acceptors (Lipinski definition) is 3. The molecule has 1 aliphatic rings. The van der Waals surface area contributed by atoms with Crippen molar-refractivity contribution in [1.29, 1.82) is 0 Å². The Bertz CT molecular complexity index is 613. The van der Waals surface area contributed by atoms with Crippen LogP contribution in [0.15, 0.2) is 24.3 Å². The van der Waals surface area contributed by atoms with Crippen molar-refractivity contribution in [3.8, 4) is 0 Å². The number of carbonyl (C=O) groups excluding carboxylic acids is 3. The minimum atomic E-state index is -0.173. The third-order valence-electron chi connectivity index (χ3n) is 3.90. The summed E-state index contributed by atoms with van der Waals surface area (Å²) >= 11 is 5.55. The topological polar surface area (TPSA) is 78.5 Å². The number of anilines is 1. The number of likely N-dealkylation sites (tertiary alicyclic amines) is 1. The van der Waals surface area contributed by atoms with Gasteiger partial charge in [-0.1, -0.05) is 6.07 Å². The molecule has 0 aliphatic carbocycles. The maximum absolute atomic E-state index is 12.6. The van der Waals surface area contributed by atoms with E-state index in [0.717, 1.165) is 12.8 Å². The summed E-state index contributed by atoms with van der Waals surface area (Å²) in [6, 6.07) is 7.00. The number of nitrogens with zero attached hydrogens (tertiary/aromatic N) is 1. The van der Waals surface area contributed by atoms with Crippen LogP contribution in [-0.4, -0.2) is 47.6 Å². The van der Waals surface area contributed by atoms with Gasteiger partial charge in [-0.05, 0) is 31.0 Å². The monoisotopic (exact) mass is 351 g/mol. The summed E-state index contributed by atoms with van der Waals surface area (Å²) in [6.07, 6.45) is 1.77. The summed E-state index contributed by atoms with van der Waals surface area (Å²) in [5, 5.41) is 5.62. The second kappa shape index (κ2) is 8.68. The first kappa shape index (κ1) is 18.3. The lowest BCUT2D eigenvalue weighted by Crippen LogP contribution is -2.46. The largest absolute Gasteiger partial charge is 0.353 e. The van der Waals surface area contributed by atoms with E-state index in [-0.39, 0.29) is 23.8 Å². The molecule has 2 N–H and O–H groups in total. The van der Waals surface area contributed by atoms with E-state index in [1.54, 1.807) is 29.2 Å². The molecule has 0 unspecified atom stereocenters. The average molecular weight is 352 g/mol. The highest BCUT2D eigenvalue weighted by Gasteiger charge is 2.24. The number of alkyl halides is 1. The predicted molar refractivity (Wildman–Crippen MR) is 93.2 cm³/mol. The molecule has 0 radical (unpaired) electrons. The molecule has 6 nitrogen and oxygen atoms in total. The lowest BCUT2D eigenvalue weighted by atomic mass is 10.0. The Balaban J connectivity index is 1.91. The van der Waals surface area contributed by atoms with Crippen LogP contribution in [0.5, 0.6) is 0 Å². The van der Waals surface area contributed by atoms with Gasteiger partial charge in [0.05, 0.1) is 0 Å². The number of hydrogen-bond donors (Lipinski definition) is 2. The normalized spacial score (nSPS) is 15.0. The second-order valence-electron chi connectivity index (χ2n) is 5.83. The van der Waals surface area contributed by atoms with E-state index in [4.69, 9.17) is 11.6 Å². The SMILES string of the molecule is CC(=O)Nc1cccc(C(=O)N2CCC(NC(=O)CCCl)CC2)c1. The Hall–Kier alpha value is -2.08. The van der Waals surface area contributed by atoms with Crippen molar-refractivity contribution in [3.05, 3.63) is 29.8 Å². The quantitative estimate of drug-likeness (QED) is 0.796. The summed E-state index contributed by atoms with van der Waals surface area (Å²) in [4.78, 5) is 37.0. The fraction of sp³-hybridized carbons (Fsp3) is 0.471. The number of carbonyl (C=O) groups is 3. The van der Waals surface area contributed by atoms with Crippen molar-refractivity contribution >= 4 is 35.0 Å². The number of nitrogens with one attached hydrogen (secondary N) is 2. The Morgan fingerprint density at radius 3 is 2.58 bits per heavy atom. The molecule has 1 aliphatic heterocycles. The summed E-state index contributed by atoms with van der Waals surface area (Å²) in [6.45, 7) is 2.61. The fourth-order valence-electron chi connectivity index (χ4n) is 2.73. The van der Waals surface area contributed by atoms with Crippen molar-refractivity contribution in [2.24, 2.45) is 0 Å². The van der Waals surface area contributed by atoms with E-state index in [9.17, 15) is 14.4 Å². The van der Waals surface area contributed by atoms with E-state index in [1.165, 1.54) is 6.92 Å². The average Bonchev–Trinajstić information content (AvgIpc) is 2.55. The summed E-state index contributed by atoms with van der Waals surface area (Å²) in [5.41, 5.74) is 1.16. The maximum Gasteiger partial charge on any atom is 0.253 e. The Morgan fingerprint density at radius 1 is 1.25 bits per heavy atom. The molecule has 1 heterocycles. The molecule has 0 atom stereocenters. The van der Waals surface area contributed by atoms with Crippen LogP contribution in [-0.2, 0) is 9.59 Å². The van der Waals surface area contributed by atoms with Crippen LogP contribution in [0.25, 0.3) is 0 Å². The highest BCUT2D eigenvalue weighted by molar-refractivity contribution is 6.18. The minimum absolute atomic E-state index is 0.0437. The van der Waals surface area contributed by atoms with E-state index < -0.39 is 0 Å². The van der Waals surface area contributed by atoms with Gasteiger partial charge in [0.25, 0.3) is 5.91 Å². The Morgan fingerprint density at radius 2 is 1.96 bits per heavy atom. The predicted octanol–water partition coefficient (Wildman–Crippen LogP) is 1.99. The molecule has 1 saturated heterocycles. The first-order chi connectivity index (χ1) is 11.5. The van der Waals surface area contributed by atoms with Gasteiger partial charge < -0.3 is 15.5 Å². The highest BCUT2D eigenvalue weighted by atomic mass is 35.5. The third kappa shape index (κ3) is 5.23. The summed E-state index contributed by atoms with van der Waals surface area (Å²) in [7, 11) is 0. The van der Waals surface area contributed by atoms with Crippen LogP contribution >= 0.6 is 11.6 Å².